The minimum Gasteiger partial charge on any atom is -0.375 e. The van der Waals surface area contributed by atoms with Crippen molar-refractivity contribution in [3.8, 4) is 0 Å². The average Bonchev–Trinajstić information content (AvgIpc) is 2.98. The van der Waals surface area contributed by atoms with E-state index in [2.05, 4.69) is 10.2 Å². The predicted octanol–water partition coefficient (Wildman–Crippen LogP) is 2.15. The summed E-state index contributed by atoms with van der Waals surface area (Å²) in [6.07, 6.45) is 2.31. The van der Waals surface area contributed by atoms with Crippen LogP contribution in [0.4, 0.5) is 0 Å². The molecule has 1 saturated carbocycles. The molecule has 1 aliphatic rings. The van der Waals surface area contributed by atoms with Gasteiger partial charge in [-0.1, -0.05) is 0 Å². The van der Waals surface area contributed by atoms with Crippen molar-refractivity contribution in [1.29, 1.82) is 0 Å². The van der Waals surface area contributed by atoms with Crippen LogP contribution in [-0.2, 0) is 20.3 Å². The van der Waals surface area contributed by atoms with Gasteiger partial charge in [0.1, 0.15) is 15.8 Å². The Morgan fingerprint density at radius 2 is 2.00 bits per heavy atom. The van der Waals surface area contributed by atoms with Gasteiger partial charge in [-0.2, -0.15) is 0 Å². The molecule has 1 aromatic rings. The van der Waals surface area contributed by atoms with Crippen molar-refractivity contribution in [2.75, 3.05) is 12.4 Å². The lowest BCUT2D eigenvalue weighted by molar-refractivity contribution is 0.00644. The minimum atomic E-state index is -3.17. The van der Waals surface area contributed by atoms with E-state index in [1.54, 1.807) is 0 Å². The van der Waals surface area contributed by atoms with Gasteiger partial charge in [0.05, 0.1) is 18.0 Å². The van der Waals surface area contributed by atoms with E-state index < -0.39 is 9.84 Å². The molecule has 0 unspecified atom stereocenters. The van der Waals surface area contributed by atoms with E-state index >= 15 is 0 Å². The Kier molecular flexibility index (Phi) is 4.27. The maximum atomic E-state index is 11.9. The van der Waals surface area contributed by atoms with E-state index in [9.17, 15) is 8.42 Å². The molecule has 7 heteroatoms. The van der Waals surface area contributed by atoms with Crippen LogP contribution in [0.5, 0.6) is 0 Å². The Bertz CT molecular complexity index is 527. The molecular formula is C12H20N2O3S2. The summed E-state index contributed by atoms with van der Waals surface area (Å²) in [5, 5.41) is 9.60. The minimum absolute atomic E-state index is 0.0229. The fraction of sp³-hybridized carbons (Fsp3) is 0.833. The molecule has 0 aromatic carbocycles. The Hall–Kier alpha value is -0.530. The van der Waals surface area contributed by atoms with E-state index in [4.69, 9.17) is 4.74 Å². The van der Waals surface area contributed by atoms with Crippen LogP contribution in [0, 0.1) is 0 Å². The molecule has 1 aliphatic carbocycles. The van der Waals surface area contributed by atoms with Crippen molar-refractivity contribution in [3.63, 3.8) is 0 Å². The van der Waals surface area contributed by atoms with E-state index in [1.807, 2.05) is 20.8 Å². The van der Waals surface area contributed by atoms with Crippen molar-refractivity contribution < 1.29 is 13.2 Å². The normalized spacial score (nSPS) is 16.8. The summed E-state index contributed by atoms with van der Waals surface area (Å²) < 4.78 is 29.3. The molecule has 19 heavy (non-hydrogen) atoms. The van der Waals surface area contributed by atoms with Crippen LogP contribution in [0.15, 0.2) is 0 Å². The molecule has 108 valence electrons. The highest BCUT2D eigenvalue weighted by atomic mass is 32.2. The van der Waals surface area contributed by atoms with Gasteiger partial charge in [0.25, 0.3) is 0 Å². The standard InChI is InChI=1S/C12H20N2O3S2/c1-12(2,3)17-6-7-19(15,16)8-10-13-14-11(18-10)9-4-5-9/h9H,4-8H2,1-3H3. The fourth-order valence-corrected chi connectivity index (χ4v) is 4.05. The summed E-state index contributed by atoms with van der Waals surface area (Å²) in [5.41, 5.74) is -0.308. The van der Waals surface area contributed by atoms with Gasteiger partial charge in [0.15, 0.2) is 9.84 Å². The van der Waals surface area contributed by atoms with Gasteiger partial charge in [0.2, 0.25) is 0 Å². The van der Waals surface area contributed by atoms with Crippen molar-refractivity contribution in [2.24, 2.45) is 0 Å². The lowest BCUT2D eigenvalue weighted by atomic mass is 10.2. The lowest BCUT2D eigenvalue weighted by Gasteiger charge is -2.19. The molecule has 0 radical (unpaired) electrons. The van der Waals surface area contributed by atoms with Gasteiger partial charge in [-0.15, -0.1) is 21.5 Å². The SMILES string of the molecule is CC(C)(C)OCCS(=O)(=O)Cc1nnc(C2CC2)s1. The Labute approximate surface area is 118 Å². The van der Waals surface area contributed by atoms with Gasteiger partial charge in [0, 0.05) is 5.92 Å². The first kappa shape index (κ1) is 14.9. The van der Waals surface area contributed by atoms with Gasteiger partial charge < -0.3 is 4.74 Å². The Morgan fingerprint density at radius 1 is 1.32 bits per heavy atom. The van der Waals surface area contributed by atoms with Crippen LogP contribution in [-0.4, -0.2) is 36.6 Å². The van der Waals surface area contributed by atoms with E-state index in [-0.39, 0.29) is 23.7 Å². The second kappa shape index (κ2) is 5.46. The molecule has 0 spiro atoms. The summed E-state index contributed by atoms with van der Waals surface area (Å²) in [4.78, 5) is 0. The van der Waals surface area contributed by atoms with E-state index in [0.29, 0.717) is 10.9 Å². The molecule has 0 amide bonds. The van der Waals surface area contributed by atoms with Crippen LogP contribution in [0.1, 0.15) is 49.5 Å². The highest BCUT2D eigenvalue weighted by Crippen LogP contribution is 2.41. The zero-order chi connectivity index (χ0) is 14.1. The highest BCUT2D eigenvalue weighted by molar-refractivity contribution is 7.90. The number of hydrogen-bond acceptors (Lipinski definition) is 6. The number of nitrogens with zero attached hydrogens (tertiary/aromatic N) is 2. The predicted molar refractivity (Wildman–Crippen MR) is 75.1 cm³/mol. The number of sulfone groups is 1. The molecule has 1 aromatic heterocycles. The molecule has 0 N–H and O–H groups in total. The van der Waals surface area contributed by atoms with Gasteiger partial charge in [-0.3, -0.25) is 0 Å². The third-order valence-electron chi connectivity index (χ3n) is 2.68. The summed E-state index contributed by atoms with van der Waals surface area (Å²) in [7, 11) is -3.17. The topological polar surface area (TPSA) is 69.2 Å². The third kappa shape index (κ3) is 5.16. The number of hydrogen-bond donors (Lipinski definition) is 0. The summed E-state index contributed by atoms with van der Waals surface area (Å²) in [6, 6.07) is 0. The van der Waals surface area contributed by atoms with Crippen LogP contribution >= 0.6 is 11.3 Å². The van der Waals surface area contributed by atoms with Gasteiger partial charge in [-0.05, 0) is 33.6 Å². The van der Waals surface area contributed by atoms with Crippen molar-refractivity contribution in [1.82, 2.24) is 10.2 Å². The molecule has 1 fully saturated rings. The van der Waals surface area contributed by atoms with Gasteiger partial charge >= 0.3 is 0 Å². The van der Waals surface area contributed by atoms with Crippen LogP contribution < -0.4 is 0 Å². The molecule has 0 atom stereocenters. The largest absolute Gasteiger partial charge is 0.375 e. The van der Waals surface area contributed by atoms with Crippen molar-refractivity contribution in [3.05, 3.63) is 10.0 Å². The molecular weight excluding hydrogens is 284 g/mol. The van der Waals surface area contributed by atoms with Gasteiger partial charge in [-0.25, -0.2) is 8.42 Å². The molecule has 1 heterocycles. The molecule has 0 bridgehead atoms. The monoisotopic (exact) mass is 304 g/mol. The van der Waals surface area contributed by atoms with Crippen LogP contribution in [0.2, 0.25) is 0 Å². The number of ether oxygens (including phenoxy) is 1. The first-order chi connectivity index (χ1) is 8.75. The van der Waals surface area contributed by atoms with E-state index in [0.717, 1.165) is 17.8 Å². The van der Waals surface area contributed by atoms with Crippen LogP contribution in [0.3, 0.4) is 0 Å². The molecule has 0 aliphatic heterocycles. The maximum Gasteiger partial charge on any atom is 0.159 e. The Balaban J connectivity index is 1.85. The smallest absolute Gasteiger partial charge is 0.159 e. The Morgan fingerprint density at radius 3 is 2.58 bits per heavy atom. The van der Waals surface area contributed by atoms with Crippen molar-refractivity contribution in [2.45, 2.75) is 50.9 Å². The third-order valence-corrected chi connectivity index (χ3v) is 5.45. The number of aromatic nitrogens is 2. The lowest BCUT2D eigenvalue weighted by Crippen LogP contribution is -2.24. The van der Waals surface area contributed by atoms with Crippen LogP contribution in [0.25, 0.3) is 0 Å². The summed E-state index contributed by atoms with van der Waals surface area (Å²) >= 11 is 1.43. The zero-order valence-corrected chi connectivity index (χ0v) is 13.2. The summed E-state index contributed by atoms with van der Waals surface area (Å²) in [6.45, 7) is 5.95. The fourth-order valence-electron chi connectivity index (χ4n) is 1.56. The second-order valence-electron chi connectivity index (χ2n) is 5.86. The van der Waals surface area contributed by atoms with Crippen molar-refractivity contribution >= 4 is 21.2 Å². The second-order valence-corrected chi connectivity index (χ2v) is 9.14. The first-order valence-corrected chi connectivity index (χ1v) is 9.06. The molecule has 0 saturated heterocycles. The summed E-state index contributed by atoms with van der Waals surface area (Å²) in [5.74, 6) is 0.534. The highest BCUT2D eigenvalue weighted by Gasteiger charge is 2.28. The van der Waals surface area contributed by atoms with E-state index in [1.165, 1.54) is 11.3 Å². The quantitative estimate of drug-likeness (QED) is 0.805. The first-order valence-electron chi connectivity index (χ1n) is 6.42. The zero-order valence-electron chi connectivity index (χ0n) is 11.5. The maximum absolute atomic E-state index is 11.9. The molecule has 2 rings (SSSR count). The average molecular weight is 304 g/mol. The molecule has 5 nitrogen and oxygen atoms in total. The number of rotatable bonds is 6.